The zero-order chi connectivity index (χ0) is 18.9. The highest BCUT2D eigenvalue weighted by Crippen LogP contribution is 2.53. The van der Waals surface area contributed by atoms with Crippen LogP contribution in [0, 0.1) is 0 Å². The fourth-order valence-corrected chi connectivity index (χ4v) is 5.26. The van der Waals surface area contributed by atoms with Crippen LogP contribution in [0.4, 0.5) is 0 Å². The van der Waals surface area contributed by atoms with Crippen molar-refractivity contribution in [3.63, 3.8) is 0 Å². The second-order valence-corrected chi connectivity index (χ2v) is 8.84. The first kappa shape index (κ1) is 16.9. The lowest BCUT2D eigenvalue weighted by molar-refractivity contribution is 0.661. The van der Waals surface area contributed by atoms with E-state index < -0.39 is 0 Å². The van der Waals surface area contributed by atoms with E-state index in [1.807, 2.05) is 0 Å². The molecule has 2 aliphatic carbocycles. The highest BCUT2D eigenvalue weighted by molar-refractivity contribution is 6.52. The Labute approximate surface area is 164 Å². The van der Waals surface area contributed by atoms with Crippen LogP contribution in [0.3, 0.4) is 0 Å². The standard InChI is InChI=1S/C25H26B2/c1-14-19-10-15(26-4)6-8-17(19)21-13-24-22(12-20(14)21)18-9-7-16(27-5)11-23(18)25(24,2)3/h6-14,26-27H,1-5H3. The number of hydrogen-bond acceptors (Lipinski definition) is 0. The minimum Gasteiger partial charge on any atom is -0.0849 e. The number of hydrogen-bond donors (Lipinski definition) is 0. The van der Waals surface area contributed by atoms with Crippen LogP contribution in [0.5, 0.6) is 0 Å². The van der Waals surface area contributed by atoms with Crippen molar-refractivity contribution in [3.8, 4) is 22.3 Å². The Morgan fingerprint density at radius 3 is 1.96 bits per heavy atom. The van der Waals surface area contributed by atoms with E-state index in [1.54, 1.807) is 0 Å². The fraction of sp³-hybridized carbons (Fsp3) is 0.280. The molecule has 0 bridgehead atoms. The Morgan fingerprint density at radius 1 is 0.667 bits per heavy atom. The van der Waals surface area contributed by atoms with Crippen LogP contribution < -0.4 is 10.9 Å². The van der Waals surface area contributed by atoms with Crippen molar-refractivity contribution < 1.29 is 0 Å². The molecule has 3 aromatic carbocycles. The third-order valence-electron chi connectivity index (χ3n) is 7.07. The van der Waals surface area contributed by atoms with E-state index in [9.17, 15) is 0 Å². The smallest absolute Gasteiger partial charge is 0.0849 e. The molecule has 2 aliphatic rings. The quantitative estimate of drug-likeness (QED) is 0.605. The Kier molecular flexibility index (Phi) is 3.54. The van der Waals surface area contributed by atoms with Crippen molar-refractivity contribution in [2.24, 2.45) is 0 Å². The van der Waals surface area contributed by atoms with E-state index in [0.717, 1.165) is 14.6 Å². The summed E-state index contributed by atoms with van der Waals surface area (Å²) in [6, 6.07) is 19.2. The van der Waals surface area contributed by atoms with E-state index in [1.165, 1.54) is 55.4 Å². The van der Waals surface area contributed by atoms with Crippen LogP contribution in [-0.4, -0.2) is 14.6 Å². The molecule has 0 fully saturated rings. The fourth-order valence-electron chi connectivity index (χ4n) is 5.26. The normalized spacial score (nSPS) is 17.7. The van der Waals surface area contributed by atoms with Crippen LogP contribution in [0.15, 0.2) is 48.5 Å². The van der Waals surface area contributed by atoms with Gasteiger partial charge in [0, 0.05) is 11.3 Å². The van der Waals surface area contributed by atoms with Crippen molar-refractivity contribution in [2.45, 2.75) is 45.8 Å². The van der Waals surface area contributed by atoms with Crippen LogP contribution in [0.2, 0.25) is 13.6 Å². The molecule has 0 radical (unpaired) electrons. The first-order valence-corrected chi connectivity index (χ1v) is 10.4. The van der Waals surface area contributed by atoms with Crippen molar-refractivity contribution >= 4 is 25.5 Å². The lowest BCUT2D eigenvalue weighted by Gasteiger charge is -2.22. The molecule has 0 spiro atoms. The Morgan fingerprint density at radius 2 is 1.26 bits per heavy atom. The van der Waals surface area contributed by atoms with E-state index in [-0.39, 0.29) is 5.41 Å². The number of fused-ring (bicyclic) bond motifs is 6. The Bertz CT molecular complexity index is 1090. The molecular weight excluding hydrogens is 322 g/mol. The first-order valence-electron chi connectivity index (χ1n) is 10.4. The molecule has 0 aromatic heterocycles. The summed E-state index contributed by atoms with van der Waals surface area (Å²) in [5.41, 5.74) is 14.7. The summed E-state index contributed by atoms with van der Waals surface area (Å²) in [5.74, 6) is 0.480. The van der Waals surface area contributed by atoms with Gasteiger partial charge in [-0.1, -0.05) is 81.7 Å². The predicted molar refractivity (Wildman–Crippen MR) is 122 cm³/mol. The van der Waals surface area contributed by atoms with Gasteiger partial charge in [-0.3, -0.25) is 0 Å². The molecule has 1 atom stereocenters. The maximum absolute atomic E-state index is 2.50. The highest BCUT2D eigenvalue weighted by Gasteiger charge is 2.38. The number of benzene rings is 3. The maximum Gasteiger partial charge on any atom is 0.154 e. The maximum atomic E-state index is 2.50. The van der Waals surface area contributed by atoms with Gasteiger partial charge >= 0.3 is 0 Å². The monoisotopic (exact) mass is 348 g/mol. The van der Waals surface area contributed by atoms with Gasteiger partial charge in [-0.15, -0.1) is 0 Å². The number of rotatable bonds is 2. The summed E-state index contributed by atoms with van der Waals surface area (Å²) in [4.78, 5) is 0. The van der Waals surface area contributed by atoms with Crippen LogP contribution in [0.25, 0.3) is 22.3 Å². The summed E-state index contributed by atoms with van der Waals surface area (Å²) in [7, 11) is 2.20. The van der Waals surface area contributed by atoms with Gasteiger partial charge in [0.2, 0.25) is 0 Å². The Hall–Kier alpha value is -2.21. The van der Waals surface area contributed by atoms with E-state index in [2.05, 4.69) is 82.9 Å². The third kappa shape index (κ3) is 2.19. The van der Waals surface area contributed by atoms with E-state index in [0.29, 0.717) is 5.92 Å². The molecule has 3 aromatic rings. The zero-order valence-electron chi connectivity index (χ0n) is 17.1. The Balaban J connectivity index is 1.74. The molecule has 5 rings (SSSR count). The molecule has 0 saturated carbocycles. The summed E-state index contributed by atoms with van der Waals surface area (Å²) < 4.78 is 0. The zero-order valence-corrected chi connectivity index (χ0v) is 17.1. The molecule has 2 heteroatoms. The molecule has 1 unspecified atom stereocenters. The van der Waals surface area contributed by atoms with Crippen molar-refractivity contribution in [3.05, 3.63) is 70.8 Å². The molecule has 0 saturated heterocycles. The van der Waals surface area contributed by atoms with Crippen LogP contribution in [0.1, 0.15) is 48.9 Å². The lowest BCUT2D eigenvalue weighted by Crippen LogP contribution is -2.19. The van der Waals surface area contributed by atoms with Gasteiger partial charge < -0.3 is 0 Å². The van der Waals surface area contributed by atoms with Crippen molar-refractivity contribution in [1.82, 2.24) is 0 Å². The second kappa shape index (κ2) is 5.64. The summed E-state index contributed by atoms with van der Waals surface area (Å²) >= 11 is 0. The average Bonchev–Trinajstić information content (AvgIpc) is 3.09. The summed E-state index contributed by atoms with van der Waals surface area (Å²) in [6.45, 7) is 11.6. The van der Waals surface area contributed by atoms with Gasteiger partial charge in [0.25, 0.3) is 0 Å². The van der Waals surface area contributed by atoms with Gasteiger partial charge in [0.05, 0.1) is 0 Å². The topological polar surface area (TPSA) is 0 Å². The summed E-state index contributed by atoms with van der Waals surface area (Å²) in [6.07, 6.45) is 0. The van der Waals surface area contributed by atoms with Gasteiger partial charge in [-0.2, -0.15) is 0 Å². The van der Waals surface area contributed by atoms with Gasteiger partial charge in [0.15, 0.2) is 14.6 Å². The SMILES string of the molecule is CBc1ccc2c(c1)C(C)c1cc3c(cc1-2)C(C)(C)c1cc(BC)ccc1-3. The van der Waals surface area contributed by atoms with E-state index >= 15 is 0 Å². The lowest BCUT2D eigenvalue weighted by atomic mass is 9.71. The molecule has 0 heterocycles. The molecule has 27 heavy (non-hydrogen) atoms. The van der Waals surface area contributed by atoms with Gasteiger partial charge in [-0.05, 0) is 56.6 Å². The van der Waals surface area contributed by atoms with Gasteiger partial charge in [0.1, 0.15) is 0 Å². The predicted octanol–water partition coefficient (Wildman–Crippen LogP) is 4.34. The molecule has 0 amide bonds. The molecule has 0 aliphatic heterocycles. The van der Waals surface area contributed by atoms with Crippen molar-refractivity contribution in [1.29, 1.82) is 0 Å². The van der Waals surface area contributed by atoms with Gasteiger partial charge in [-0.25, -0.2) is 0 Å². The van der Waals surface area contributed by atoms with Crippen molar-refractivity contribution in [2.75, 3.05) is 0 Å². The third-order valence-corrected chi connectivity index (χ3v) is 7.07. The summed E-state index contributed by atoms with van der Waals surface area (Å²) in [5, 5.41) is 0. The molecule has 132 valence electrons. The van der Waals surface area contributed by atoms with Crippen LogP contribution >= 0.6 is 0 Å². The second-order valence-electron chi connectivity index (χ2n) is 8.84. The first-order chi connectivity index (χ1) is 13.0. The average molecular weight is 348 g/mol. The molecular formula is C25H26B2. The minimum atomic E-state index is 0.0697. The highest BCUT2D eigenvalue weighted by atomic mass is 14.4. The largest absolute Gasteiger partial charge is 0.154 e. The molecule has 0 N–H and O–H groups in total. The molecule has 0 nitrogen and oxygen atoms in total. The van der Waals surface area contributed by atoms with Crippen LogP contribution in [-0.2, 0) is 5.41 Å². The van der Waals surface area contributed by atoms with E-state index in [4.69, 9.17) is 0 Å². The minimum absolute atomic E-state index is 0.0697.